The van der Waals surface area contributed by atoms with Crippen LogP contribution in [0.25, 0.3) is 0 Å². The number of carbonyl (C=O) groups excluding carboxylic acids is 5. The highest BCUT2D eigenvalue weighted by Crippen LogP contribution is 2.24. The van der Waals surface area contributed by atoms with Gasteiger partial charge in [-0.1, -0.05) is 0 Å². The van der Waals surface area contributed by atoms with E-state index in [-0.39, 0.29) is 25.0 Å². The lowest BCUT2D eigenvalue weighted by Crippen LogP contribution is -2.47. The Morgan fingerprint density at radius 2 is 0.889 bits per heavy atom. The first-order valence-electron chi connectivity index (χ1n) is 17.2. The molecule has 0 bridgehead atoms. The molecule has 0 saturated carbocycles. The van der Waals surface area contributed by atoms with Gasteiger partial charge < -0.3 is 29.6 Å². The van der Waals surface area contributed by atoms with E-state index in [4.69, 9.17) is 18.9 Å². The van der Waals surface area contributed by atoms with Crippen LogP contribution in [-0.4, -0.2) is 87.6 Å². The quantitative estimate of drug-likeness (QED) is 0.136. The SMILES string of the molecule is CC(C)(C)OC(=O)NC(=Nc1ccc(NC(=O)Nc2ccc(N=C3N(C(=O)OC(C)(C)C)CCN3C(=O)OC(C)(C)C)cc2)cc1)NC(=O)OC(C)(C)C. The first kappa shape index (κ1) is 42.5. The minimum atomic E-state index is -0.836. The van der Waals surface area contributed by atoms with Gasteiger partial charge in [0.25, 0.3) is 0 Å². The van der Waals surface area contributed by atoms with Crippen molar-refractivity contribution in [3.05, 3.63) is 48.5 Å². The van der Waals surface area contributed by atoms with Crippen LogP contribution >= 0.6 is 0 Å². The van der Waals surface area contributed by atoms with Crippen molar-refractivity contribution in [1.82, 2.24) is 20.4 Å². The molecule has 0 aromatic heterocycles. The Hall–Kier alpha value is -5.87. The number of hydrogen-bond donors (Lipinski definition) is 4. The fourth-order valence-electron chi connectivity index (χ4n) is 4.31. The molecule has 1 aliphatic heterocycles. The topological polar surface area (TPSA) is 202 Å². The zero-order valence-corrected chi connectivity index (χ0v) is 33.0. The van der Waals surface area contributed by atoms with Crippen molar-refractivity contribution in [1.29, 1.82) is 0 Å². The largest absolute Gasteiger partial charge is 0.444 e. The number of guanidine groups is 2. The number of alkyl carbamates (subject to hydrolysis) is 2. The van der Waals surface area contributed by atoms with Gasteiger partial charge in [-0.15, -0.1) is 0 Å². The Labute approximate surface area is 315 Å². The molecule has 17 heteroatoms. The van der Waals surface area contributed by atoms with Crippen molar-refractivity contribution in [3.8, 4) is 0 Å². The molecule has 0 radical (unpaired) electrons. The van der Waals surface area contributed by atoms with Crippen LogP contribution in [0.2, 0.25) is 0 Å². The first-order chi connectivity index (χ1) is 24.7. The lowest BCUT2D eigenvalue weighted by Gasteiger charge is -2.27. The summed E-state index contributed by atoms with van der Waals surface area (Å²) in [5.41, 5.74) is -1.54. The number of nitrogens with zero attached hydrogens (tertiary/aromatic N) is 4. The molecule has 54 heavy (non-hydrogen) atoms. The third-order valence-corrected chi connectivity index (χ3v) is 6.22. The number of benzene rings is 2. The van der Waals surface area contributed by atoms with Gasteiger partial charge >= 0.3 is 30.4 Å². The Balaban J connectivity index is 1.72. The molecule has 1 saturated heterocycles. The van der Waals surface area contributed by atoms with Crippen molar-refractivity contribution in [2.75, 3.05) is 23.7 Å². The Morgan fingerprint density at radius 3 is 1.24 bits per heavy atom. The van der Waals surface area contributed by atoms with E-state index in [0.717, 1.165) is 0 Å². The Bertz CT molecular complexity index is 1680. The molecule has 0 atom stereocenters. The summed E-state index contributed by atoms with van der Waals surface area (Å²) < 4.78 is 21.6. The fraction of sp³-hybridized carbons (Fsp3) is 0.486. The van der Waals surface area contributed by atoms with Gasteiger partial charge in [0.15, 0.2) is 0 Å². The molecule has 6 amide bonds. The van der Waals surface area contributed by atoms with Crippen LogP contribution in [0.4, 0.5) is 46.7 Å². The van der Waals surface area contributed by atoms with Gasteiger partial charge in [-0.25, -0.2) is 43.8 Å². The number of ether oxygens (including phenoxy) is 4. The minimum absolute atomic E-state index is 0.0538. The normalized spacial score (nSPS) is 13.3. The third kappa shape index (κ3) is 15.0. The van der Waals surface area contributed by atoms with E-state index in [1.807, 2.05) is 0 Å². The van der Waals surface area contributed by atoms with E-state index in [2.05, 4.69) is 31.3 Å². The second-order valence-corrected chi connectivity index (χ2v) is 16.1. The maximum Gasteiger partial charge on any atom is 0.417 e. The fourth-order valence-corrected chi connectivity index (χ4v) is 4.31. The molecule has 1 heterocycles. The van der Waals surface area contributed by atoms with Crippen LogP contribution in [0, 0.1) is 0 Å². The lowest BCUT2D eigenvalue weighted by atomic mass is 10.2. The predicted octanol–water partition coefficient (Wildman–Crippen LogP) is 7.84. The molecule has 1 aliphatic rings. The number of amides is 6. The molecule has 0 spiro atoms. The van der Waals surface area contributed by atoms with E-state index in [1.165, 1.54) is 9.80 Å². The van der Waals surface area contributed by atoms with Crippen LogP contribution in [-0.2, 0) is 18.9 Å². The third-order valence-electron chi connectivity index (χ3n) is 6.22. The van der Waals surface area contributed by atoms with Crippen LogP contribution in [0.1, 0.15) is 83.1 Å². The molecule has 3 rings (SSSR count). The minimum Gasteiger partial charge on any atom is -0.444 e. The van der Waals surface area contributed by atoms with Crippen molar-refractivity contribution in [3.63, 3.8) is 0 Å². The number of anilines is 2. The van der Waals surface area contributed by atoms with Gasteiger partial charge in [-0.05, 0) is 132 Å². The molecule has 2 aromatic carbocycles. The van der Waals surface area contributed by atoms with Crippen molar-refractivity contribution >= 4 is 65.1 Å². The highest BCUT2D eigenvalue weighted by Gasteiger charge is 2.39. The first-order valence-corrected chi connectivity index (χ1v) is 17.2. The summed E-state index contributed by atoms with van der Waals surface area (Å²) in [7, 11) is 0. The maximum absolute atomic E-state index is 13.0. The number of nitrogens with one attached hydrogen (secondary N) is 4. The van der Waals surface area contributed by atoms with Gasteiger partial charge in [0.05, 0.1) is 24.5 Å². The van der Waals surface area contributed by atoms with Gasteiger partial charge in [0, 0.05) is 11.4 Å². The molecular weight excluding hydrogens is 700 g/mol. The standard InChI is InChI=1S/C37H52N8O9/c1-34(2,3)51-30(47)42-27(43-31(48)52-35(4,5)6)38-23-13-15-24(16-14-23)39-28(46)40-25-17-19-26(20-18-25)41-29-44(32(49)53-36(7,8)9)21-22-45(29)33(50)54-37(10,11)12/h13-20H,21-22H2,1-12H3,(H2,39,40,46)(H2,38,42,43,47,48). The molecule has 294 valence electrons. The van der Waals surface area contributed by atoms with Crippen LogP contribution in [0.5, 0.6) is 0 Å². The second kappa shape index (κ2) is 16.9. The highest BCUT2D eigenvalue weighted by molar-refractivity contribution is 6.05. The summed E-state index contributed by atoms with van der Waals surface area (Å²) in [4.78, 5) is 75.1. The summed E-state index contributed by atoms with van der Waals surface area (Å²) in [6.07, 6.45) is -2.98. The zero-order chi connectivity index (χ0) is 40.6. The number of urea groups is 1. The van der Waals surface area contributed by atoms with Crippen molar-refractivity contribution in [2.45, 2.75) is 105 Å². The smallest absolute Gasteiger partial charge is 0.417 e. The van der Waals surface area contributed by atoms with Gasteiger partial charge in [-0.3, -0.25) is 10.6 Å². The van der Waals surface area contributed by atoms with Crippen LogP contribution in [0.15, 0.2) is 58.5 Å². The monoisotopic (exact) mass is 752 g/mol. The van der Waals surface area contributed by atoms with E-state index < -0.39 is 52.8 Å². The average Bonchev–Trinajstić information content (AvgIpc) is 3.39. The van der Waals surface area contributed by atoms with Crippen LogP contribution < -0.4 is 21.3 Å². The Kier molecular flexibility index (Phi) is 13.3. The molecule has 4 N–H and O–H groups in total. The van der Waals surface area contributed by atoms with E-state index >= 15 is 0 Å². The summed E-state index contributed by atoms with van der Waals surface area (Å²) in [5, 5.41) is 10.3. The zero-order valence-electron chi connectivity index (χ0n) is 33.0. The molecule has 17 nitrogen and oxygen atoms in total. The van der Waals surface area contributed by atoms with E-state index in [0.29, 0.717) is 22.7 Å². The number of rotatable bonds is 4. The second-order valence-electron chi connectivity index (χ2n) is 16.1. The van der Waals surface area contributed by atoms with E-state index in [1.54, 1.807) is 132 Å². The summed E-state index contributed by atoms with van der Waals surface area (Å²) in [6.45, 7) is 20.9. The average molecular weight is 753 g/mol. The highest BCUT2D eigenvalue weighted by atomic mass is 16.6. The van der Waals surface area contributed by atoms with Crippen LogP contribution in [0.3, 0.4) is 0 Å². The number of aliphatic imine (C=N–C) groups is 2. The molecule has 0 unspecified atom stereocenters. The van der Waals surface area contributed by atoms with Gasteiger partial charge in [0.1, 0.15) is 22.4 Å². The number of carbonyl (C=O) groups is 5. The Morgan fingerprint density at radius 1 is 0.537 bits per heavy atom. The molecule has 0 aliphatic carbocycles. The maximum atomic E-state index is 13.0. The van der Waals surface area contributed by atoms with E-state index in [9.17, 15) is 24.0 Å². The van der Waals surface area contributed by atoms with Gasteiger partial charge in [-0.2, -0.15) is 0 Å². The summed E-state index contributed by atoms with van der Waals surface area (Å²) in [6, 6.07) is 12.2. The summed E-state index contributed by atoms with van der Waals surface area (Å²) in [5.74, 6) is -0.174. The predicted molar refractivity (Wildman–Crippen MR) is 204 cm³/mol. The van der Waals surface area contributed by atoms with Gasteiger partial charge in [0.2, 0.25) is 11.9 Å². The van der Waals surface area contributed by atoms with Crippen molar-refractivity contribution in [2.24, 2.45) is 9.98 Å². The lowest BCUT2D eigenvalue weighted by molar-refractivity contribution is 0.0371. The summed E-state index contributed by atoms with van der Waals surface area (Å²) >= 11 is 0. The molecule has 1 fully saturated rings. The number of hydrogen-bond acceptors (Lipinski definition) is 11. The van der Waals surface area contributed by atoms with Crippen molar-refractivity contribution < 1.29 is 42.9 Å². The molecular formula is C37H52N8O9. The molecule has 2 aromatic rings.